The average Bonchev–Trinajstić information content (AvgIpc) is 2.27. The van der Waals surface area contributed by atoms with Crippen molar-refractivity contribution in [3.8, 4) is 0 Å². The molecule has 0 saturated heterocycles. The topological polar surface area (TPSA) is 109 Å². The summed E-state index contributed by atoms with van der Waals surface area (Å²) in [5, 5.41) is 15.7. The van der Waals surface area contributed by atoms with Crippen LogP contribution in [0.3, 0.4) is 0 Å². The van der Waals surface area contributed by atoms with Gasteiger partial charge in [0.05, 0.1) is 18.0 Å². The van der Waals surface area contributed by atoms with E-state index in [2.05, 4.69) is 14.9 Å². The van der Waals surface area contributed by atoms with Crippen molar-refractivity contribution in [1.29, 1.82) is 0 Å². The lowest BCUT2D eigenvalue weighted by molar-refractivity contribution is -0.137. The SMILES string of the molecule is O=C(O)CCCS(=O)(=O)NCc1cccnn1. The molecule has 0 aliphatic rings. The molecule has 0 fully saturated rings. The van der Waals surface area contributed by atoms with Gasteiger partial charge in [-0.25, -0.2) is 13.1 Å². The molecule has 1 heterocycles. The van der Waals surface area contributed by atoms with E-state index in [1.165, 1.54) is 6.20 Å². The van der Waals surface area contributed by atoms with Crippen LogP contribution in [0.1, 0.15) is 18.5 Å². The number of carboxylic acid groups (broad SMARTS) is 1. The van der Waals surface area contributed by atoms with Crippen LogP contribution in [-0.2, 0) is 21.4 Å². The Morgan fingerprint density at radius 2 is 2.24 bits per heavy atom. The second kappa shape index (κ2) is 6.26. The number of hydrogen-bond donors (Lipinski definition) is 2. The largest absolute Gasteiger partial charge is 0.481 e. The summed E-state index contributed by atoms with van der Waals surface area (Å²) in [6.45, 7) is 0.0588. The average molecular weight is 259 g/mol. The van der Waals surface area contributed by atoms with Gasteiger partial charge in [-0.1, -0.05) is 0 Å². The summed E-state index contributed by atoms with van der Waals surface area (Å²) in [5.74, 6) is -1.21. The highest BCUT2D eigenvalue weighted by Gasteiger charge is 2.11. The molecule has 94 valence electrons. The summed E-state index contributed by atoms with van der Waals surface area (Å²) in [4.78, 5) is 10.2. The van der Waals surface area contributed by atoms with E-state index >= 15 is 0 Å². The molecular weight excluding hydrogens is 246 g/mol. The number of aliphatic carboxylic acids is 1. The lowest BCUT2D eigenvalue weighted by atomic mass is 10.3. The number of rotatable bonds is 7. The predicted molar refractivity (Wildman–Crippen MR) is 59.5 cm³/mol. The van der Waals surface area contributed by atoms with Crippen molar-refractivity contribution in [2.45, 2.75) is 19.4 Å². The molecule has 1 aromatic heterocycles. The molecule has 2 N–H and O–H groups in total. The Labute approximate surface area is 98.9 Å². The highest BCUT2D eigenvalue weighted by molar-refractivity contribution is 7.89. The molecule has 1 rings (SSSR count). The molecule has 0 radical (unpaired) electrons. The number of nitrogens with one attached hydrogen (secondary N) is 1. The van der Waals surface area contributed by atoms with Crippen molar-refractivity contribution in [1.82, 2.24) is 14.9 Å². The monoisotopic (exact) mass is 259 g/mol. The Morgan fingerprint density at radius 3 is 2.82 bits per heavy atom. The van der Waals surface area contributed by atoms with Gasteiger partial charge in [0.1, 0.15) is 0 Å². The highest BCUT2D eigenvalue weighted by atomic mass is 32.2. The Kier molecular flexibility index (Phi) is 4.98. The van der Waals surface area contributed by atoms with Crippen molar-refractivity contribution in [3.63, 3.8) is 0 Å². The van der Waals surface area contributed by atoms with Crippen LogP contribution in [0.25, 0.3) is 0 Å². The Balaban J connectivity index is 2.37. The molecule has 1 aromatic rings. The fraction of sp³-hybridized carbons (Fsp3) is 0.444. The quantitative estimate of drug-likeness (QED) is 0.699. The van der Waals surface area contributed by atoms with Gasteiger partial charge in [0.25, 0.3) is 0 Å². The van der Waals surface area contributed by atoms with E-state index < -0.39 is 16.0 Å². The summed E-state index contributed by atoms with van der Waals surface area (Å²) in [6, 6.07) is 3.30. The van der Waals surface area contributed by atoms with Crippen molar-refractivity contribution in [2.75, 3.05) is 5.75 Å². The van der Waals surface area contributed by atoms with Crippen LogP contribution in [0.2, 0.25) is 0 Å². The van der Waals surface area contributed by atoms with E-state index in [0.29, 0.717) is 5.69 Å². The minimum absolute atomic E-state index is 0.0588. The zero-order valence-corrected chi connectivity index (χ0v) is 9.85. The van der Waals surface area contributed by atoms with Gasteiger partial charge < -0.3 is 5.11 Å². The molecule has 0 aliphatic heterocycles. The molecule has 0 aliphatic carbocycles. The Hall–Kier alpha value is -1.54. The summed E-state index contributed by atoms with van der Waals surface area (Å²) < 4.78 is 25.2. The summed E-state index contributed by atoms with van der Waals surface area (Å²) in [6.07, 6.45) is 1.42. The first-order chi connectivity index (χ1) is 7.99. The van der Waals surface area contributed by atoms with Crippen LogP contribution in [0.15, 0.2) is 18.3 Å². The zero-order chi connectivity index (χ0) is 12.7. The molecule has 17 heavy (non-hydrogen) atoms. The van der Waals surface area contributed by atoms with Gasteiger partial charge >= 0.3 is 5.97 Å². The van der Waals surface area contributed by atoms with Gasteiger partial charge in [-0.05, 0) is 18.6 Å². The first kappa shape index (κ1) is 13.5. The van der Waals surface area contributed by atoms with Crippen molar-refractivity contribution in [2.24, 2.45) is 0 Å². The van der Waals surface area contributed by atoms with Crippen molar-refractivity contribution in [3.05, 3.63) is 24.0 Å². The summed E-state index contributed by atoms with van der Waals surface area (Å²) in [5.41, 5.74) is 0.509. The standard InChI is InChI=1S/C9H13N3O4S/c13-9(14)4-2-6-17(15,16)11-7-8-3-1-5-10-12-8/h1,3,5,11H,2,4,6-7H2,(H,13,14). The smallest absolute Gasteiger partial charge is 0.303 e. The second-order valence-corrected chi connectivity index (χ2v) is 5.28. The number of hydrogen-bond acceptors (Lipinski definition) is 5. The molecule has 0 amide bonds. The molecule has 0 saturated carbocycles. The Morgan fingerprint density at radius 1 is 1.47 bits per heavy atom. The van der Waals surface area contributed by atoms with Gasteiger partial charge in [0, 0.05) is 12.6 Å². The minimum atomic E-state index is -3.46. The van der Waals surface area contributed by atoms with E-state index in [0.717, 1.165) is 0 Å². The summed E-state index contributed by atoms with van der Waals surface area (Å²) >= 11 is 0. The Bertz CT molecular complexity index is 460. The molecule has 7 nitrogen and oxygen atoms in total. The molecule has 0 bridgehead atoms. The van der Waals surface area contributed by atoms with Gasteiger partial charge in [-0.3, -0.25) is 4.79 Å². The third-order valence-electron chi connectivity index (χ3n) is 1.90. The van der Waals surface area contributed by atoms with E-state index in [-0.39, 0.29) is 25.1 Å². The third-order valence-corrected chi connectivity index (χ3v) is 3.31. The van der Waals surface area contributed by atoms with Crippen LogP contribution >= 0.6 is 0 Å². The molecule has 0 atom stereocenters. The maximum atomic E-state index is 11.4. The first-order valence-corrected chi connectivity index (χ1v) is 6.60. The van der Waals surface area contributed by atoms with E-state index in [1.54, 1.807) is 12.1 Å². The zero-order valence-electron chi connectivity index (χ0n) is 9.04. The van der Waals surface area contributed by atoms with Crippen LogP contribution in [-0.4, -0.2) is 35.4 Å². The molecule has 8 heteroatoms. The van der Waals surface area contributed by atoms with Gasteiger partial charge in [0.2, 0.25) is 10.0 Å². The van der Waals surface area contributed by atoms with E-state index in [4.69, 9.17) is 5.11 Å². The fourth-order valence-electron chi connectivity index (χ4n) is 1.10. The predicted octanol–water partition coefficient (Wildman–Crippen LogP) is -0.239. The van der Waals surface area contributed by atoms with E-state index in [9.17, 15) is 13.2 Å². The van der Waals surface area contributed by atoms with Gasteiger partial charge in [-0.15, -0.1) is 0 Å². The maximum absolute atomic E-state index is 11.4. The van der Waals surface area contributed by atoms with Gasteiger partial charge in [-0.2, -0.15) is 10.2 Å². The molecule has 0 unspecified atom stereocenters. The maximum Gasteiger partial charge on any atom is 0.303 e. The molecule has 0 aromatic carbocycles. The number of aromatic nitrogens is 2. The van der Waals surface area contributed by atoms with Crippen LogP contribution < -0.4 is 4.72 Å². The normalized spacial score (nSPS) is 11.3. The number of sulfonamides is 1. The summed E-state index contributed by atoms with van der Waals surface area (Å²) in [7, 11) is -3.46. The van der Waals surface area contributed by atoms with Crippen molar-refractivity contribution >= 4 is 16.0 Å². The lowest BCUT2D eigenvalue weighted by Crippen LogP contribution is -2.26. The van der Waals surface area contributed by atoms with E-state index in [1.807, 2.05) is 0 Å². The second-order valence-electron chi connectivity index (χ2n) is 3.35. The molecule has 0 spiro atoms. The van der Waals surface area contributed by atoms with Crippen molar-refractivity contribution < 1.29 is 18.3 Å². The van der Waals surface area contributed by atoms with Gasteiger partial charge in [0.15, 0.2) is 0 Å². The minimum Gasteiger partial charge on any atom is -0.481 e. The van der Waals surface area contributed by atoms with Crippen LogP contribution in [0.4, 0.5) is 0 Å². The number of nitrogens with zero attached hydrogens (tertiary/aromatic N) is 2. The third kappa shape index (κ3) is 5.93. The number of carbonyl (C=O) groups is 1. The number of carboxylic acids is 1. The lowest BCUT2D eigenvalue weighted by Gasteiger charge is -2.04. The van der Waals surface area contributed by atoms with Crippen LogP contribution in [0.5, 0.6) is 0 Å². The van der Waals surface area contributed by atoms with Crippen LogP contribution in [0, 0.1) is 0 Å². The first-order valence-electron chi connectivity index (χ1n) is 4.95. The molecular formula is C9H13N3O4S. The highest BCUT2D eigenvalue weighted by Crippen LogP contribution is 1.97. The fourth-order valence-corrected chi connectivity index (χ4v) is 2.13.